The van der Waals surface area contributed by atoms with Crippen LogP contribution in [-0.2, 0) is 20.8 Å². The lowest BCUT2D eigenvalue weighted by atomic mass is 9.85. The van der Waals surface area contributed by atoms with Crippen LogP contribution >= 0.6 is 0 Å². The minimum absolute atomic E-state index is 0.105. The van der Waals surface area contributed by atoms with Gasteiger partial charge in [0.1, 0.15) is 5.82 Å². The van der Waals surface area contributed by atoms with Gasteiger partial charge in [0.15, 0.2) is 0 Å². The first-order valence-corrected chi connectivity index (χ1v) is 8.57. The molecule has 0 aromatic heterocycles. The first kappa shape index (κ1) is 17.3. The second-order valence-electron chi connectivity index (χ2n) is 6.46. The Bertz CT molecular complexity index is 673. The molecule has 0 bridgehead atoms. The lowest BCUT2D eigenvalue weighted by Gasteiger charge is -2.14. The van der Waals surface area contributed by atoms with E-state index in [1.165, 1.54) is 17.0 Å². The molecule has 1 aliphatic carbocycles. The van der Waals surface area contributed by atoms with Crippen molar-refractivity contribution in [2.75, 3.05) is 13.1 Å². The minimum Gasteiger partial charge on any atom is -0.356 e. The zero-order chi connectivity index (χ0) is 17.8. The summed E-state index contributed by atoms with van der Waals surface area (Å²) in [5.74, 6) is -1.30. The predicted molar refractivity (Wildman–Crippen MR) is 89.8 cm³/mol. The van der Waals surface area contributed by atoms with Crippen LogP contribution < -0.4 is 5.32 Å². The van der Waals surface area contributed by atoms with Crippen molar-refractivity contribution in [2.24, 2.45) is 11.8 Å². The van der Waals surface area contributed by atoms with E-state index in [0.717, 1.165) is 5.56 Å². The summed E-state index contributed by atoms with van der Waals surface area (Å²) in [6, 6.07) is 6.13. The van der Waals surface area contributed by atoms with Gasteiger partial charge >= 0.3 is 0 Å². The standard InChI is InChI=1S/C19H21FN2O3/c20-14-7-5-13(6-8-14)9-11-21-17(23)10-12-22-18(24)15-3-1-2-4-16(15)19(22)25/h1-2,5-8,15-16H,3-4,9-12H2,(H,21,23)/t15-,16+. The average Bonchev–Trinajstić information content (AvgIpc) is 2.86. The van der Waals surface area contributed by atoms with Crippen LogP contribution in [0.4, 0.5) is 4.39 Å². The molecule has 1 heterocycles. The van der Waals surface area contributed by atoms with Gasteiger partial charge in [0.05, 0.1) is 11.8 Å². The van der Waals surface area contributed by atoms with Crippen molar-refractivity contribution in [3.63, 3.8) is 0 Å². The molecular formula is C19H21FN2O3. The highest BCUT2D eigenvalue weighted by Crippen LogP contribution is 2.34. The monoisotopic (exact) mass is 344 g/mol. The Morgan fingerprint density at radius 2 is 1.68 bits per heavy atom. The summed E-state index contributed by atoms with van der Waals surface area (Å²) >= 11 is 0. The minimum atomic E-state index is -0.288. The number of rotatable bonds is 6. The second kappa shape index (κ2) is 7.59. The molecule has 1 N–H and O–H groups in total. The number of carbonyl (C=O) groups excluding carboxylic acids is 3. The number of amides is 3. The molecule has 3 amide bonds. The molecule has 132 valence electrons. The van der Waals surface area contributed by atoms with Crippen LogP contribution in [0.3, 0.4) is 0 Å². The number of hydrogen-bond acceptors (Lipinski definition) is 3. The molecule has 1 fully saturated rings. The topological polar surface area (TPSA) is 66.5 Å². The van der Waals surface area contributed by atoms with Crippen molar-refractivity contribution in [1.29, 1.82) is 0 Å². The number of hydrogen-bond donors (Lipinski definition) is 1. The molecule has 0 spiro atoms. The van der Waals surface area contributed by atoms with Crippen LogP contribution in [0.2, 0.25) is 0 Å². The van der Waals surface area contributed by atoms with Crippen molar-refractivity contribution in [3.05, 3.63) is 47.8 Å². The first-order valence-electron chi connectivity index (χ1n) is 8.57. The van der Waals surface area contributed by atoms with Gasteiger partial charge in [-0.2, -0.15) is 0 Å². The van der Waals surface area contributed by atoms with Gasteiger partial charge in [-0.15, -0.1) is 0 Å². The Balaban J connectivity index is 1.42. The summed E-state index contributed by atoms with van der Waals surface area (Å²) in [7, 11) is 0. The number of nitrogens with one attached hydrogen (secondary N) is 1. The third kappa shape index (κ3) is 3.95. The Morgan fingerprint density at radius 1 is 1.08 bits per heavy atom. The number of imide groups is 1. The number of carbonyl (C=O) groups is 3. The van der Waals surface area contributed by atoms with E-state index >= 15 is 0 Å². The van der Waals surface area contributed by atoms with E-state index < -0.39 is 0 Å². The first-order chi connectivity index (χ1) is 12.1. The van der Waals surface area contributed by atoms with Gasteiger partial charge in [-0.1, -0.05) is 24.3 Å². The van der Waals surface area contributed by atoms with E-state index in [-0.39, 0.29) is 48.3 Å². The maximum absolute atomic E-state index is 12.8. The van der Waals surface area contributed by atoms with E-state index in [4.69, 9.17) is 0 Å². The average molecular weight is 344 g/mol. The van der Waals surface area contributed by atoms with Crippen LogP contribution in [0.25, 0.3) is 0 Å². The quantitative estimate of drug-likeness (QED) is 0.632. The van der Waals surface area contributed by atoms with E-state index in [9.17, 15) is 18.8 Å². The van der Waals surface area contributed by atoms with Crippen LogP contribution in [0, 0.1) is 17.7 Å². The SMILES string of the molecule is O=C(CCN1C(=O)[C@H]2CC=CC[C@H]2C1=O)NCCc1ccc(F)cc1. The molecule has 6 heteroatoms. The van der Waals surface area contributed by atoms with Crippen LogP contribution in [0.1, 0.15) is 24.8 Å². The number of fused-ring (bicyclic) bond motifs is 1. The molecule has 1 aromatic carbocycles. The zero-order valence-electron chi connectivity index (χ0n) is 13.9. The normalized spacial score (nSPS) is 22.2. The molecule has 0 unspecified atom stereocenters. The van der Waals surface area contributed by atoms with Crippen molar-refractivity contribution in [2.45, 2.75) is 25.7 Å². The lowest BCUT2D eigenvalue weighted by molar-refractivity contribution is -0.140. The number of halogens is 1. The Morgan fingerprint density at radius 3 is 2.28 bits per heavy atom. The molecule has 5 nitrogen and oxygen atoms in total. The van der Waals surface area contributed by atoms with E-state index in [2.05, 4.69) is 5.32 Å². The molecule has 1 saturated heterocycles. The summed E-state index contributed by atoms with van der Waals surface area (Å²) in [5.41, 5.74) is 0.933. The zero-order valence-corrected chi connectivity index (χ0v) is 13.9. The maximum Gasteiger partial charge on any atom is 0.233 e. The second-order valence-corrected chi connectivity index (χ2v) is 6.46. The third-order valence-corrected chi connectivity index (χ3v) is 4.81. The van der Waals surface area contributed by atoms with Crippen molar-refractivity contribution in [1.82, 2.24) is 10.2 Å². The molecule has 3 rings (SSSR count). The Labute approximate surface area is 145 Å². The number of nitrogens with zero attached hydrogens (tertiary/aromatic N) is 1. The maximum atomic E-state index is 12.8. The van der Waals surface area contributed by atoms with Gasteiger partial charge in [-0.25, -0.2) is 4.39 Å². The van der Waals surface area contributed by atoms with Gasteiger partial charge in [-0.3, -0.25) is 19.3 Å². The molecule has 0 saturated carbocycles. The molecule has 0 radical (unpaired) electrons. The number of allylic oxidation sites excluding steroid dienone is 2. The summed E-state index contributed by atoms with van der Waals surface area (Å²) in [5, 5.41) is 2.77. The largest absolute Gasteiger partial charge is 0.356 e. The van der Waals surface area contributed by atoms with Crippen molar-refractivity contribution < 1.29 is 18.8 Å². The fourth-order valence-electron chi connectivity index (χ4n) is 3.39. The van der Waals surface area contributed by atoms with E-state index in [1.54, 1.807) is 12.1 Å². The highest BCUT2D eigenvalue weighted by Gasteiger charge is 2.46. The van der Waals surface area contributed by atoms with Crippen molar-refractivity contribution in [3.8, 4) is 0 Å². The third-order valence-electron chi connectivity index (χ3n) is 4.81. The van der Waals surface area contributed by atoms with Gasteiger partial charge in [0.2, 0.25) is 17.7 Å². The Kier molecular flexibility index (Phi) is 5.26. The molecule has 25 heavy (non-hydrogen) atoms. The fraction of sp³-hybridized carbons (Fsp3) is 0.421. The summed E-state index contributed by atoms with van der Waals surface area (Å²) in [6.07, 6.45) is 5.80. The fourth-order valence-corrected chi connectivity index (χ4v) is 3.39. The molecular weight excluding hydrogens is 323 g/mol. The van der Waals surface area contributed by atoms with Crippen LogP contribution in [0.5, 0.6) is 0 Å². The highest BCUT2D eigenvalue weighted by molar-refractivity contribution is 6.05. The lowest BCUT2D eigenvalue weighted by Crippen LogP contribution is -2.35. The summed E-state index contributed by atoms with van der Waals surface area (Å²) in [6.45, 7) is 0.564. The van der Waals surface area contributed by atoms with E-state index in [1.807, 2.05) is 12.2 Å². The highest BCUT2D eigenvalue weighted by atomic mass is 19.1. The van der Waals surface area contributed by atoms with Gasteiger partial charge in [0, 0.05) is 19.5 Å². The smallest absolute Gasteiger partial charge is 0.233 e. The summed E-state index contributed by atoms with van der Waals surface area (Å²) in [4.78, 5) is 37.8. The molecule has 1 aliphatic heterocycles. The van der Waals surface area contributed by atoms with Gasteiger partial charge in [-0.05, 0) is 37.0 Å². The van der Waals surface area contributed by atoms with E-state index in [0.29, 0.717) is 25.8 Å². The number of likely N-dealkylation sites (tertiary alicyclic amines) is 1. The molecule has 1 aromatic rings. The van der Waals surface area contributed by atoms with Crippen LogP contribution in [0.15, 0.2) is 36.4 Å². The molecule has 2 aliphatic rings. The Hall–Kier alpha value is -2.50. The molecule has 2 atom stereocenters. The van der Waals surface area contributed by atoms with Crippen LogP contribution in [-0.4, -0.2) is 35.7 Å². The number of benzene rings is 1. The van der Waals surface area contributed by atoms with Crippen molar-refractivity contribution >= 4 is 17.7 Å². The van der Waals surface area contributed by atoms with Gasteiger partial charge < -0.3 is 5.32 Å². The predicted octanol–water partition coefficient (Wildman–Crippen LogP) is 1.83. The summed E-state index contributed by atoms with van der Waals surface area (Å²) < 4.78 is 12.8. The van der Waals surface area contributed by atoms with Gasteiger partial charge in [0.25, 0.3) is 0 Å².